The Bertz CT molecular complexity index is 380. The normalized spacial score (nSPS) is 32.3. The zero-order chi connectivity index (χ0) is 13.8. The summed E-state index contributed by atoms with van der Waals surface area (Å²) >= 11 is 0. The van der Waals surface area contributed by atoms with Crippen LogP contribution in [-0.4, -0.2) is 30.9 Å². The second kappa shape index (κ2) is 6.51. The van der Waals surface area contributed by atoms with Crippen molar-refractivity contribution in [2.45, 2.75) is 58.1 Å². The Labute approximate surface area is 116 Å². The average molecular weight is 263 g/mol. The van der Waals surface area contributed by atoms with E-state index in [9.17, 15) is 0 Å². The summed E-state index contributed by atoms with van der Waals surface area (Å²) in [6.45, 7) is 9.14. The summed E-state index contributed by atoms with van der Waals surface area (Å²) in [5.74, 6) is 0. The number of benzene rings is 1. The Morgan fingerprint density at radius 1 is 1.11 bits per heavy atom. The Kier molecular flexibility index (Phi) is 4.97. The van der Waals surface area contributed by atoms with Crippen LogP contribution in [-0.2, 0) is 9.47 Å². The molecular weight excluding hydrogens is 238 g/mol. The van der Waals surface area contributed by atoms with Crippen molar-refractivity contribution in [2.75, 3.05) is 6.61 Å². The maximum Gasteiger partial charge on any atom is 0.100 e. The van der Waals surface area contributed by atoms with Crippen LogP contribution in [0.25, 0.3) is 0 Å². The van der Waals surface area contributed by atoms with Crippen molar-refractivity contribution in [1.82, 2.24) is 5.32 Å². The molecular formula is C16H25NO2. The van der Waals surface area contributed by atoms with Gasteiger partial charge in [-0.05, 0) is 19.4 Å². The maximum absolute atomic E-state index is 6.24. The molecule has 1 fully saturated rings. The minimum atomic E-state index is 0.0450. The van der Waals surface area contributed by atoms with E-state index in [1.165, 1.54) is 5.56 Å². The molecule has 0 radical (unpaired) electrons. The van der Waals surface area contributed by atoms with Gasteiger partial charge >= 0.3 is 0 Å². The predicted molar refractivity (Wildman–Crippen MR) is 77.2 cm³/mol. The molecule has 3 nitrogen and oxygen atoms in total. The SMILES string of the molecule is CC(C)NC1COC(C)C(C)OC1c1ccccc1. The van der Waals surface area contributed by atoms with E-state index in [2.05, 4.69) is 57.3 Å². The molecule has 0 bridgehead atoms. The van der Waals surface area contributed by atoms with E-state index in [1.54, 1.807) is 0 Å². The van der Waals surface area contributed by atoms with Gasteiger partial charge in [-0.1, -0.05) is 44.2 Å². The van der Waals surface area contributed by atoms with Crippen LogP contribution in [0, 0.1) is 0 Å². The van der Waals surface area contributed by atoms with Crippen LogP contribution in [0.2, 0.25) is 0 Å². The highest BCUT2D eigenvalue weighted by Gasteiger charge is 2.32. The zero-order valence-electron chi connectivity index (χ0n) is 12.3. The highest BCUT2D eigenvalue weighted by atomic mass is 16.6. The first-order valence-electron chi connectivity index (χ1n) is 7.16. The summed E-state index contributed by atoms with van der Waals surface area (Å²) < 4.78 is 12.1. The fourth-order valence-corrected chi connectivity index (χ4v) is 2.43. The second-order valence-corrected chi connectivity index (χ2v) is 5.64. The van der Waals surface area contributed by atoms with Gasteiger partial charge in [0, 0.05) is 6.04 Å². The summed E-state index contributed by atoms with van der Waals surface area (Å²) in [6.07, 6.45) is 0.276. The Balaban J connectivity index is 2.22. The molecule has 1 N–H and O–H groups in total. The van der Waals surface area contributed by atoms with Crippen LogP contribution in [0.3, 0.4) is 0 Å². The minimum Gasteiger partial charge on any atom is -0.374 e. The van der Waals surface area contributed by atoms with E-state index in [0.717, 1.165) is 0 Å². The monoisotopic (exact) mass is 263 g/mol. The topological polar surface area (TPSA) is 30.5 Å². The number of hydrogen-bond acceptors (Lipinski definition) is 3. The number of ether oxygens (including phenoxy) is 2. The lowest BCUT2D eigenvalue weighted by atomic mass is 10.0. The fraction of sp³-hybridized carbons (Fsp3) is 0.625. The van der Waals surface area contributed by atoms with E-state index in [1.807, 2.05) is 6.07 Å². The quantitative estimate of drug-likeness (QED) is 0.909. The van der Waals surface area contributed by atoms with E-state index in [-0.39, 0.29) is 24.4 Å². The van der Waals surface area contributed by atoms with Gasteiger partial charge in [0.15, 0.2) is 0 Å². The first-order chi connectivity index (χ1) is 9.08. The van der Waals surface area contributed by atoms with Gasteiger partial charge in [-0.15, -0.1) is 0 Å². The van der Waals surface area contributed by atoms with Crippen LogP contribution in [0.1, 0.15) is 39.4 Å². The number of hydrogen-bond donors (Lipinski definition) is 1. The lowest BCUT2D eigenvalue weighted by molar-refractivity contribution is -0.0474. The van der Waals surface area contributed by atoms with Crippen molar-refractivity contribution < 1.29 is 9.47 Å². The summed E-state index contributed by atoms with van der Waals surface area (Å²) in [5.41, 5.74) is 1.21. The molecule has 0 aliphatic carbocycles. The van der Waals surface area contributed by atoms with Gasteiger partial charge in [0.25, 0.3) is 0 Å². The average Bonchev–Trinajstić information content (AvgIpc) is 2.53. The van der Waals surface area contributed by atoms with E-state index >= 15 is 0 Å². The molecule has 1 aliphatic heterocycles. The summed E-state index contributed by atoms with van der Waals surface area (Å²) in [4.78, 5) is 0. The van der Waals surface area contributed by atoms with Gasteiger partial charge in [-0.2, -0.15) is 0 Å². The molecule has 3 heteroatoms. The van der Waals surface area contributed by atoms with Gasteiger partial charge in [-0.3, -0.25) is 0 Å². The fourth-order valence-electron chi connectivity index (χ4n) is 2.43. The van der Waals surface area contributed by atoms with Crippen molar-refractivity contribution in [3.8, 4) is 0 Å². The second-order valence-electron chi connectivity index (χ2n) is 5.64. The van der Waals surface area contributed by atoms with Crippen LogP contribution >= 0.6 is 0 Å². The maximum atomic E-state index is 6.24. The van der Waals surface area contributed by atoms with Crippen molar-refractivity contribution in [1.29, 1.82) is 0 Å². The highest BCUT2D eigenvalue weighted by molar-refractivity contribution is 5.19. The molecule has 0 spiro atoms. The van der Waals surface area contributed by atoms with Gasteiger partial charge < -0.3 is 14.8 Å². The van der Waals surface area contributed by atoms with Gasteiger partial charge in [-0.25, -0.2) is 0 Å². The summed E-state index contributed by atoms with van der Waals surface area (Å²) in [7, 11) is 0. The Morgan fingerprint density at radius 3 is 2.42 bits per heavy atom. The largest absolute Gasteiger partial charge is 0.374 e. The minimum absolute atomic E-state index is 0.0450. The highest BCUT2D eigenvalue weighted by Crippen LogP contribution is 2.28. The van der Waals surface area contributed by atoms with E-state index < -0.39 is 0 Å². The molecule has 0 aromatic heterocycles. The van der Waals surface area contributed by atoms with Crippen LogP contribution in [0.4, 0.5) is 0 Å². The third kappa shape index (κ3) is 3.78. The molecule has 0 saturated carbocycles. The van der Waals surface area contributed by atoms with Crippen LogP contribution in [0.15, 0.2) is 30.3 Å². The van der Waals surface area contributed by atoms with Crippen molar-refractivity contribution in [3.05, 3.63) is 35.9 Å². The van der Waals surface area contributed by atoms with Crippen LogP contribution < -0.4 is 5.32 Å². The number of rotatable bonds is 3. The Hall–Kier alpha value is -0.900. The lowest BCUT2D eigenvalue weighted by Crippen LogP contribution is -2.42. The molecule has 0 amide bonds. The van der Waals surface area contributed by atoms with Gasteiger partial charge in [0.1, 0.15) is 6.10 Å². The van der Waals surface area contributed by atoms with Crippen LogP contribution in [0.5, 0.6) is 0 Å². The first-order valence-corrected chi connectivity index (χ1v) is 7.16. The predicted octanol–water partition coefficient (Wildman–Crippen LogP) is 2.92. The Morgan fingerprint density at radius 2 is 1.79 bits per heavy atom. The van der Waals surface area contributed by atoms with Gasteiger partial charge in [0.2, 0.25) is 0 Å². The zero-order valence-corrected chi connectivity index (χ0v) is 12.3. The van der Waals surface area contributed by atoms with Gasteiger partial charge in [0.05, 0.1) is 24.9 Å². The summed E-state index contributed by atoms with van der Waals surface area (Å²) in [6, 6.07) is 11.0. The molecule has 4 unspecified atom stereocenters. The van der Waals surface area contributed by atoms with Crippen molar-refractivity contribution in [2.24, 2.45) is 0 Å². The molecule has 1 heterocycles. The molecule has 1 aliphatic rings. The first kappa shape index (κ1) is 14.5. The molecule has 1 aromatic rings. The molecule has 2 rings (SSSR count). The standard InChI is InChI=1S/C16H25NO2/c1-11(2)17-15-10-18-12(3)13(4)19-16(15)14-8-6-5-7-9-14/h5-9,11-13,15-17H,10H2,1-4H3. The third-order valence-corrected chi connectivity index (χ3v) is 3.60. The van der Waals surface area contributed by atoms with E-state index in [0.29, 0.717) is 12.6 Å². The smallest absolute Gasteiger partial charge is 0.100 e. The lowest BCUT2D eigenvalue weighted by Gasteiger charge is -2.28. The summed E-state index contributed by atoms with van der Waals surface area (Å²) in [5, 5.41) is 3.56. The third-order valence-electron chi connectivity index (χ3n) is 3.60. The molecule has 19 heavy (non-hydrogen) atoms. The molecule has 4 atom stereocenters. The number of nitrogens with one attached hydrogen (secondary N) is 1. The molecule has 1 aromatic carbocycles. The molecule has 106 valence electrons. The van der Waals surface area contributed by atoms with Crippen molar-refractivity contribution >= 4 is 0 Å². The van der Waals surface area contributed by atoms with E-state index in [4.69, 9.17) is 9.47 Å². The van der Waals surface area contributed by atoms with Crippen molar-refractivity contribution in [3.63, 3.8) is 0 Å². The molecule has 1 saturated heterocycles.